The van der Waals surface area contributed by atoms with E-state index in [9.17, 15) is 14.9 Å². The summed E-state index contributed by atoms with van der Waals surface area (Å²) in [5.74, 6) is 0.0182. The van der Waals surface area contributed by atoms with E-state index < -0.39 is 4.92 Å². The standard InChI is InChI=1S/C24H24N2O3/c1-16-4-7-20(8-5-16)24(27)15-23(19-9-12-22(13-10-19)26(28)29)25-21-11-6-17(2)18(3)14-21/h4-14,23,25H,15H2,1-3H3. The van der Waals surface area contributed by atoms with E-state index in [-0.39, 0.29) is 23.9 Å². The van der Waals surface area contributed by atoms with Crippen LogP contribution in [0.3, 0.4) is 0 Å². The second kappa shape index (κ2) is 8.69. The van der Waals surface area contributed by atoms with E-state index >= 15 is 0 Å². The highest BCUT2D eigenvalue weighted by Gasteiger charge is 2.19. The van der Waals surface area contributed by atoms with Crippen molar-refractivity contribution < 1.29 is 9.72 Å². The van der Waals surface area contributed by atoms with Crippen LogP contribution in [0.15, 0.2) is 66.7 Å². The van der Waals surface area contributed by atoms with Crippen molar-refractivity contribution in [3.63, 3.8) is 0 Å². The van der Waals surface area contributed by atoms with Crippen molar-refractivity contribution in [3.05, 3.63) is 105 Å². The highest BCUT2D eigenvalue weighted by atomic mass is 16.6. The highest BCUT2D eigenvalue weighted by molar-refractivity contribution is 5.96. The molecule has 0 radical (unpaired) electrons. The lowest BCUT2D eigenvalue weighted by atomic mass is 9.96. The Kier molecular flexibility index (Phi) is 6.07. The van der Waals surface area contributed by atoms with Crippen LogP contribution in [-0.2, 0) is 0 Å². The van der Waals surface area contributed by atoms with Crippen LogP contribution < -0.4 is 5.32 Å². The van der Waals surface area contributed by atoms with Crippen molar-refractivity contribution in [3.8, 4) is 0 Å². The van der Waals surface area contributed by atoms with Crippen LogP contribution in [0, 0.1) is 30.9 Å². The number of hydrogen-bond acceptors (Lipinski definition) is 4. The lowest BCUT2D eigenvalue weighted by molar-refractivity contribution is -0.384. The van der Waals surface area contributed by atoms with Gasteiger partial charge in [0.15, 0.2) is 5.78 Å². The number of Topliss-reactive ketones (excluding diaryl/α,β-unsaturated/α-hetero) is 1. The molecule has 3 rings (SSSR count). The normalized spacial score (nSPS) is 11.7. The molecule has 0 aliphatic heterocycles. The third kappa shape index (κ3) is 5.08. The topological polar surface area (TPSA) is 72.2 Å². The lowest BCUT2D eigenvalue weighted by Gasteiger charge is -2.21. The van der Waals surface area contributed by atoms with Gasteiger partial charge in [-0.2, -0.15) is 0 Å². The number of nitro groups is 1. The molecule has 3 aromatic carbocycles. The van der Waals surface area contributed by atoms with Crippen LogP contribution in [0.1, 0.15) is 45.1 Å². The molecule has 0 aromatic heterocycles. The summed E-state index contributed by atoms with van der Waals surface area (Å²) in [6.45, 7) is 6.07. The Morgan fingerprint density at radius 2 is 1.59 bits per heavy atom. The molecule has 5 nitrogen and oxygen atoms in total. The molecule has 148 valence electrons. The Labute approximate surface area is 170 Å². The van der Waals surface area contributed by atoms with Crippen LogP contribution >= 0.6 is 0 Å². The highest BCUT2D eigenvalue weighted by Crippen LogP contribution is 2.27. The maximum absolute atomic E-state index is 12.9. The number of non-ortho nitro benzene ring substituents is 1. The third-order valence-electron chi connectivity index (χ3n) is 5.12. The summed E-state index contributed by atoms with van der Waals surface area (Å²) in [4.78, 5) is 23.4. The van der Waals surface area contributed by atoms with Gasteiger partial charge in [-0.15, -0.1) is 0 Å². The Morgan fingerprint density at radius 1 is 0.931 bits per heavy atom. The van der Waals surface area contributed by atoms with E-state index in [1.807, 2.05) is 63.2 Å². The molecule has 5 heteroatoms. The first-order valence-corrected chi connectivity index (χ1v) is 9.51. The molecule has 0 fully saturated rings. The molecule has 3 aromatic rings. The quantitative estimate of drug-likeness (QED) is 0.308. The molecular formula is C24H24N2O3. The van der Waals surface area contributed by atoms with Gasteiger partial charge in [-0.3, -0.25) is 14.9 Å². The van der Waals surface area contributed by atoms with E-state index in [0.717, 1.165) is 22.4 Å². The van der Waals surface area contributed by atoms with Crippen molar-refractivity contribution in [1.82, 2.24) is 0 Å². The maximum atomic E-state index is 12.9. The first-order valence-electron chi connectivity index (χ1n) is 9.51. The predicted octanol–water partition coefficient (Wildman–Crippen LogP) is 5.95. The number of aryl methyl sites for hydroxylation is 3. The van der Waals surface area contributed by atoms with Crippen molar-refractivity contribution in [2.75, 3.05) is 5.32 Å². The fourth-order valence-corrected chi connectivity index (χ4v) is 3.16. The molecule has 29 heavy (non-hydrogen) atoms. The first-order chi connectivity index (χ1) is 13.8. The number of benzene rings is 3. The van der Waals surface area contributed by atoms with Gasteiger partial charge in [0.1, 0.15) is 0 Å². The SMILES string of the molecule is Cc1ccc(C(=O)CC(Nc2ccc(C)c(C)c2)c2ccc([N+](=O)[O-])cc2)cc1. The molecule has 0 amide bonds. The second-order valence-corrected chi connectivity index (χ2v) is 7.34. The summed E-state index contributed by atoms with van der Waals surface area (Å²) in [5.41, 5.74) is 5.87. The molecule has 0 aliphatic carbocycles. The zero-order valence-electron chi connectivity index (χ0n) is 16.8. The molecule has 1 atom stereocenters. The molecule has 1 N–H and O–H groups in total. The van der Waals surface area contributed by atoms with Gasteiger partial charge in [-0.25, -0.2) is 0 Å². The smallest absolute Gasteiger partial charge is 0.269 e. The molecule has 0 aliphatic rings. The monoisotopic (exact) mass is 388 g/mol. The Hall–Kier alpha value is -3.47. The van der Waals surface area contributed by atoms with Gasteiger partial charge in [-0.05, 0) is 49.6 Å². The second-order valence-electron chi connectivity index (χ2n) is 7.34. The van der Waals surface area contributed by atoms with Crippen molar-refractivity contribution in [2.24, 2.45) is 0 Å². The van der Waals surface area contributed by atoms with E-state index in [1.54, 1.807) is 12.1 Å². The van der Waals surface area contributed by atoms with E-state index in [0.29, 0.717) is 5.56 Å². The van der Waals surface area contributed by atoms with Gasteiger partial charge in [0.05, 0.1) is 11.0 Å². The number of nitrogens with zero attached hydrogens (tertiary/aromatic N) is 1. The molecule has 0 spiro atoms. The minimum absolute atomic E-state index is 0.0182. The maximum Gasteiger partial charge on any atom is 0.269 e. The lowest BCUT2D eigenvalue weighted by Crippen LogP contribution is -2.16. The first kappa shape index (κ1) is 20.3. The van der Waals surface area contributed by atoms with Gasteiger partial charge in [0.25, 0.3) is 5.69 Å². The molecule has 0 saturated carbocycles. The molecular weight excluding hydrogens is 364 g/mol. The van der Waals surface area contributed by atoms with E-state index in [4.69, 9.17) is 0 Å². The van der Waals surface area contributed by atoms with Gasteiger partial charge in [0.2, 0.25) is 0 Å². The molecule has 0 bridgehead atoms. The zero-order valence-corrected chi connectivity index (χ0v) is 16.8. The number of carbonyl (C=O) groups excluding carboxylic acids is 1. The Morgan fingerprint density at radius 3 is 2.17 bits per heavy atom. The Bertz CT molecular complexity index is 1020. The van der Waals surface area contributed by atoms with E-state index in [1.165, 1.54) is 17.7 Å². The summed E-state index contributed by atoms with van der Waals surface area (Å²) in [7, 11) is 0. The van der Waals surface area contributed by atoms with Crippen LogP contribution in [0.2, 0.25) is 0 Å². The number of ketones is 1. The van der Waals surface area contributed by atoms with Crippen LogP contribution in [-0.4, -0.2) is 10.7 Å². The zero-order chi connectivity index (χ0) is 21.0. The number of hydrogen-bond donors (Lipinski definition) is 1. The summed E-state index contributed by atoms with van der Waals surface area (Å²) < 4.78 is 0. The fraction of sp³-hybridized carbons (Fsp3) is 0.208. The molecule has 0 saturated heterocycles. The van der Waals surface area contributed by atoms with Crippen molar-refractivity contribution in [1.29, 1.82) is 0 Å². The van der Waals surface area contributed by atoms with E-state index in [2.05, 4.69) is 5.32 Å². The number of anilines is 1. The summed E-state index contributed by atoms with van der Waals surface area (Å²) in [6, 6.07) is 19.6. The minimum Gasteiger partial charge on any atom is -0.378 e. The number of nitrogens with one attached hydrogen (secondary N) is 1. The van der Waals surface area contributed by atoms with Gasteiger partial charge >= 0.3 is 0 Å². The minimum atomic E-state index is -0.424. The molecule has 0 heterocycles. The average molecular weight is 388 g/mol. The van der Waals surface area contributed by atoms with Crippen LogP contribution in [0.25, 0.3) is 0 Å². The third-order valence-corrected chi connectivity index (χ3v) is 5.12. The number of rotatable bonds is 7. The Balaban J connectivity index is 1.89. The summed E-state index contributed by atoms with van der Waals surface area (Å²) in [6.07, 6.45) is 0.244. The van der Waals surface area contributed by atoms with Crippen LogP contribution in [0.4, 0.5) is 11.4 Å². The number of carbonyl (C=O) groups is 1. The van der Waals surface area contributed by atoms with Crippen molar-refractivity contribution in [2.45, 2.75) is 33.2 Å². The van der Waals surface area contributed by atoms with Crippen molar-refractivity contribution >= 4 is 17.2 Å². The largest absolute Gasteiger partial charge is 0.378 e. The predicted molar refractivity (Wildman–Crippen MR) is 116 cm³/mol. The van der Waals surface area contributed by atoms with Gasteiger partial charge in [-0.1, -0.05) is 48.0 Å². The fourth-order valence-electron chi connectivity index (χ4n) is 3.16. The summed E-state index contributed by atoms with van der Waals surface area (Å²) in [5, 5.41) is 14.4. The van der Waals surface area contributed by atoms with Gasteiger partial charge < -0.3 is 5.32 Å². The van der Waals surface area contributed by atoms with Gasteiger partial charge in [0, 0.05) is 29.8 Å². The average Bonchev–Trinajstić information content (AvgIpc) is 2.70. The number of nitro benzene ring substituents is 1. The summed E-state index contributed by atoms with van der Waals surface area (Å²) >= 11 is 0. The van der Waals surface area contributed by atoms with Crippen LogP contribution in [0.5, 0.6) is 0 Å². The molecule has 1 unspecified atom stereocenters.